The van der Waals surface area contributed by atoms with Crippen LogP contribution in [-0.4, -0.2) is 174 Å². The van der Waals surface area contributed by atoms with E-state index in [0.29, 0.717) is 47.1 Å². The molecule has 8 atom stereocenters. The van der Waals surface area contributed by atoms with Gasteiger partial charge in [-0.25, -0.2) is 8.42 Å². The quantitative estimate of drug-likeness (QED) is 0.0731. The summed E-state index contributed by atoms with van der Waals surface area (Å²) in [7, 11) is -1.14. The number of carbonyl (C=O) groups excluding carboxylic acids is 3. The number of rotatable bonds is 11. The summed E-state index contributed by atoms with van der Waals surface area (Å²) >= 11 is 17.5. The second-order valence-electron chi connectivity index (χ2n) is 24.2. The molecule has 0 saturated carbocycles. The third-order valence-corrected chi connectivity index (χ3v) is 22.1. The monoisotopic (exact) mass is 1300 g/mol. The van der Waals surface area contributed by atoms with Crippen molar-refractivity contribution >= 4 is 103 Å². The number of alkyl halides is 3. The number of nitrogens with zero attached hydrogens (tertiary/aromatic N) is 5. The molecule has 0 radical (unpaired) electrons. The zero-order valence-electron chi connectivity index (χ0n) is 47.8. The van der Waals surface area contributed by atoms with E-state index in [1.54, 1.807) is 23.9 Å². The van der Waals surface area contributed by atoms with E-state index in [2.05, 4.69) is 61.9 Å². The number of primary amides is 1. The van der Waals surface area contributed by atoms with Crippen LogP contribution in [0.25, 0.3) is 0 Å². The Morgan fingerprint density at radius 1 is 0.831 bits per heavy atom. The van der Waals surface area contributed by atoms with E-state index in [1.165, 1.54) is 74.9 Å². The Balaban J connectivity index is 0.000000141. The van der Waals surface area contributed by atoms with Crippen LogP contribution in [0.2, 0.25) is 0 Å². The molecule has 4 bridgehead atoms. The van der Waals surface area contributed by atoms with E-state index in [4.69, 9.17) is 55.1 Å². The first-order valence-corrected chi connectivity index (χ1v) is 33.0. The van der Waals surface area contributed by atoms with Gasteiger partial charge >= 0.3 is 5.97 Å². The van der Waals surface area contributed by atoms with E-state index in [-0.39, 0.29) is 47.5 Å². The SMILES string of the molecule is Br.CC(C)(O)C(Cl)(Cl)Cl.CN1[C@H]2C[C@H](OC(=O)[C@H](CO)c3ccccc3)C[C@H]1[C@H]1O[C@H]12.CS(=O)(=O)c1ccc2c(c1)N(CCCN1CCC(C(N)=O)CC1)c1ccccc1S2.O=C1c2cccc3c2[C@@H](CCC3)CN1[C@@H]1CN2CCC1CC2. The second kappa shape index (κ2) is 26.9. The van der Waals surface area contributed by atoms with Gasteiger partial charge in [0, 0.05) is 84.0 Å². The molecule has 0 spiro atoms. The summed E-state index contributed by atoms with van der Waals surface area (Å²) in [6.45, 7) is 10.7. The molecule has 4 aromatic carbocycles. The number of esters is 1. The van der Waals surface area contributed by atoms with E-state index in [1.807, 2.05) is 48.5 Å². The van der Waals surface area contributed by atoms with Crippen LogP contribution in [0.1, 0.15) is 111 Å². The molecule has 10 aliphatic rings. The van der Waals surface area contributed by atoms with Crippen LogP contribution in [0.15, 0.2) is 106 Å². The highest BCUT2D eigenvalue weighted by atomic mass is 79.9. The van der Waals surface area contributed by atoms with Crippen molar-refractivity contribution in [2.24, 2.45) is 17.6 Å². The number of aryl methyl sites for hydroxylation is 1. The van der Waals surface area contributed by atoms with E-state index < -0.39 is 25.1 Å². The van der Waals surface area contributed by atoms with Gasteiger partial charge in [0.15, 0.2) is 9.84 Å². The molecule has 4 aromatic rings. The number of epoxide rings is 1. The highest BCUT2D eigenvalue weighted by molar-refractivity contribution is 8.93. The van der Waals surface area contributed by atoms with Gasteiger partial charge in [0.1, 0.15) is 29.8 Å². The summed E-state index contributed by atoms with van der Waals surface area (Å²) in [4.78, 5) is 51.3. The number of fused-ring (bicyclic) bond motifs is 10. The van der Waals surface area contributed by atoms with Crippen LogP contribution in [0.5, 0.6) is 0 Å². The second-order valence-corrected chi connectivity index (χ2v) is 29.6. The van der Waals surface area contributed by atoms with Crippen LogP contribution in [0.3, 0.4) is 0 Å². The van der Waals surface area contributed by atoms with Crippen molar-refractivity contribution in [2.75, 3.05) is 77.2 Å². The molecule has 452 valence electrons. The Morgan fingerprint density at radius 3 is 2.10 bits per heavy atom. The van der Waals surface area contributed by atoms with Crippen molar-refractivity contribution in [3.63, 3.8) is 0 Å². The summed E-state index contributed by atoms with van der Waals surface area (Å²) in [6.07, 6.45) is 12.4. The van der Waals surface area contributed by atoms with Crippen molar-refractivity contribution in [3.05, 3.63) is 113 Å². The first kappa shape index (κ1) is 64.0. The molecular formula is C62H80BrCl3N6O9S2. The average molecular weight is 1300 g/mol. The maximum absolute atomic E-state index is 13.1. The number of benzene rings is 4. The lowest BCUT2D eigenvalue weighted by Gasteiger charge is -2.51. The number of likely N-dealkylation sites (N-methyl/N-ethyl adjacent to an activating group) is 1. The minimum Gasteiger partial charge on any atom is -0.462 e. The molecule has 7 fully saturated rings. The zero-order valence-corrected chi connectivity index (χ0v) is 53.4. The number of sulfone groups is 1. The molecule has 9 aliphatic heterocycles. The van der Waals surface area contributed by atoms with Crippen molar-refractivity contribution in [1.29, 1.82) is 0 Å². The molecule has 21 heteroatoms. The molecule has 1 aliphatic carbocycles. The predicted molar refractivity (Wildman–Crippen MR) is 333 cm³/mol. The summed E-state index contributed by atoms with van der Waals surface area (Å²) in [6, 6.07) is 30.6. The number of anilines is 2. The zero-order chi connectivity index (χ0) is 58.3. The number of morpholine rings is 1. The normalized spacial score (nSPS) is 27.2. The fourth-order valence-corrected chi connectivity index (χ4v) is 15.3. The van der Waals surface area contributed by atoms with Crippen molar-refractivity contribution in [2.45, 2.75) is 150 Å². The van der Waals surface area contributed by atoms with E-state index in [0.717, 1.165) is 111 Å². The summed E-state index contributed by atoms with van der Waals surface area (Å²) in [5.74, 6) is 0.551. The minimum atomic E-state index is -3.27. The third kappa shape index (κ3) is 14.6. The number of carbonyl (C=O) groups is 3. The van der Waals surface area contributed by atoms with Gasteiger partial charge in [-0.15, -0.1) is 17.0 Å². The largest absolute Gasteiger partial charge is 0.462 e. The number of halogens is 4. The molecule has 0 unspecified atom stereocenters. The van der Waals surface area contributed by atoms with Crippen LogP contribution >= 0.6 is 63.5 Å². The molecular weight excluding hydrogens is 1220 g/mol. The number of hydrogen-bond acceptors (Lipinski definition) is 14. The predicted octanol–water partition coefficient (Wildman–Crippen LogP) is 9.56. The maximum atomic E-state index is 13.1. The van der Waals surface area contributed by atoms with Gasteiger partial charge in [-0.3, -0.25) is 19.3 Å². The Labute approximate surface area is 519 Å². The van der Waals surface area contributed by atoms with Gasteiger partial charge in [-0.2, -0.15) is 0 Å². The fraction of sp³-hybridized carbons (Fsp3) is 0.565. The maximum Gasteiger partial charge on any atom is 0.316 e. The number of likely N-dealkylation sites (tertiary alicyclic amines) is 1. The first-order valence-electron chi connectivity index (χ1n) is 29.2. The third-order valence-electron chi connectivity index (χ3n) is 18.4. The number of amides is 2. The molecule has 83 heavy (non-hydrogen) atoms. The van der Waals surface area contributed by atoms with E-state index >= 15 is 0 Å². The van der Waals surface area contributed by atoms with Crippen LogP contribution < -0.4 is 10.6 Å². The van der Waals surface area contributed by atoms with Gasteiger partial charge in [-0.05, 0) is 164 Å². The van der Waals surface area contributed by atoms with Crippen molar-refractivity contribution in [1.82, 2.24) is 19.6 Å². The number of aliphatic hydroxyl groups excluding tert-OH is 1. The molecule has 7 saturated heterocycles. The Hall–Kier alpha value is -3.50. The molecule has 4 N–H and O–H groups in total. The van der Waals surface area contributed by atoms with Crippen LogP contribution in [0, 0.1) is 11.8 Å². The highest BCUT2D eigenvalue weighted by Gasteiger charge is 2.63. The Kier molecular flexibility index (Phi) is 20.7. The lowest BCUT2D eigenvalue weighted by Crippen LogP contribution is -2.60. The van der Waals surface area contributed by atoms with Crippen LogP contribution in [-0.2, 0) is 35.3 Å². The van der Waals surface area contributed by atoms with Gasteiger partial charge in [0.25, 0.3) is 5.91 Å². The number of aliphatic hydroxyl groups is 2. The summed E-state index contributed by atoms with van der Waals surface area (Å²) in [5, 5.41) is 18.5. The topological polar surface area (TPSA) is 190 Å². The van der Waals surface area contributed by atoms with Gasteiger partial charge in [0.05, 0.1) is 22.9 Å². The molecule has 2 amide bonds. The standard InChI is InChI=1S/C22H27N3O3S2.C19H24N2O.C17H21NO4.C4H7Cl3O.BrH/c1-30(27,28)17-7-8-21-19(15-17)25(18-5-2-3-6-20(18)29-21)12-4-11-24-13-9-16(10-14-24)22(23)26;22-19-16-6-2-4-14-3-1-5-15(18(14)16)11-21(19)17-12-20-9-7-13(17)8-10-20;1-18-13-7-11(8-14(18)16-15(13)22-16)21-17(20)12(9-19)10-5-3-2-4-6-10;1-3(2,8)4(5,6)7;/h2-3,5-8,15-16H,4,9-14H2,1H3,(H2,23,26);2,4,6,13,15,17H,1,3,5,7-12H2;2-6,11-16,19H,7-9H2,1H3;8H,1-2H3;1H/t;15-,17+;11-,12-,13+,14+,15-,16+;;/m.01../s1. The average Bonchev–Trinajstić information content (AvgIpc) is 4.40. The van der Waals surface area contributed by atoms with Crippen molar-refractivity contribution in [3.8, 4) is 0 Å². The molecule has 9 heterocycles. The molecule has 14 rings (SSSR count). The molecule has 0 aromatic heterocycles. The fourth-order valence-electron chi connectivity index (χ4n) is 13.6. The van der Waals surface area contributed by atoms with Gasteiger partial charge in [-0.1, -0.05) is 101 Å². The van der Waals surface area contributed by atoms with Crippen LogP contribution in [0.4, 0.5) is 11.4 Å². The van der Waals surface area contributed by atoms with Gasteiger partial charge in [0.2, 0.25) is 9.70 Å². The minimum absolute atomic E-state index is 0. The van der Waals surface area contributed by atoms with Gasteiger partial charge < -0.3 is 45.0 Å². The van der Waals surface area contributed by atoms with Crippen molar-refractivity contribution < 1.29 is 42.5 Å². The number of nitrogens with two attached hydrogens (primary N) is 1. The lowest BCUT2D eigenvalue weighted by atomic mass is 9.75. The number of piperidine rings is 5. The summed E-state index contributed by atoms with van der Waals surface area (Å²) in [5.41, 5.74) is 10.9. The highest BCUT2D eigenvalue weighted by Crippen LogP contribution is 2.50. The number of hydrogen-bond donors (Lipinski definition) is 3. The lowest BCUT2D eigenvalue weighted by molar-refractivity contribution is -0.156. The summed E-state index contributed by atoms with van der Waals surface area (Å²) < 4.78 is 34.0. The first-order chi connectivity index (χ1) is 39.1. The molecule has 15 nitrogen and oxygen atoms in total. The number of para-hydroxylation sites is 1. The Morgan fingerprint density at radius 2 is 1.48 bits per heavy atom. The Bertz CT molecular complexity index is 3020. The smallest absolute Gasteiger partial charge is 0.316 e. The van der Waals surface area contributed by atoms with E-state index in [9.17, 15) is 27.9 Å². The number of ether oxygens (including phenoxy) is 2.